The summed E-state index contributed by atoms with van der Waals surface area (Å²) in [7, 11) is 0. The lowest BCUT2D eigenvalue weighted by Gasteiger charge is -2.29. The van der Waals surface area contributed by atoms with Crippen molar-refractivity contribution in [2.24, 2.45) is 5.41 Å². The van der Waals surface area contributed by atoms with Crippen molar-refractivity contribution in [2.45, 2.75) is 58.0 Å². The normalized spacial score (nSPS) is 28.9. The standard InChI is InChI=1S/C16H21NO7/c1-2-16(14(20)21)9-3-5-11(6-4-10-16)23-15(22)24-17-12(18)7-8-13(17)19/h3,5,11H,2,4,6-10H2,1H3,(H,20,21)/b5-3+. The topological polar surface area (TPSA) is 110 Å². The number of hydrogen-bond acceptors (Lipinski definition) is 6. The Bertz CT molecular complexity index is 555. The van der Waals surface area contributed by atoms with Crippen LogP contribution < -0.4 is 0 Å². The van der Waals surface area contributed by atoms with Gasteiger partial charge in [0, 0.05) is 12.8 Å². The summed E-state index contributed by atoms with van der Waals surface area (Å²) in [6, 6.07) is 0. The van der Waals surface area contributed by atoms with Crippen LogP contribution in [0.15, 0.2) is 12.2 Å². The van der Waals surface area contributed by atoms with Crippen molar-refractivity contribution in [1.29, 1.82) is 0 Å². The number of nitrogens with zero attached hydrogens (tertiary/aromatic N) is 1. The average molecular weight is 339 g/mol. The fourth-order valence-electron chi connectivity index (χ4n) is 2.93. The molecular weight excluding hydrogens is 318 g/mol. The number of amides is 2. The SMILES string of the molecule is CCC1(C(=O)O)C/C=C/C(OC(=O)ON2C(=O)CCC2=O)CCC1. The number of carboxylic acids is 1. The maximum atomic E-state index is 11.7. The zero-order valence-corrected chi connectivity index (χ0v) is 13.5. The molecule has 2 atom stereocenters. The van der Waals surface area contributed by atoms with Crippen LogP contribution in [0.1, 0.15) is 51.9 Å². The van der Waals surface area contributed by atoms with E-state index in [0.29, 0.717) is 37.2 Å². The van der Waals surface area contributed by atoms with Crippen molar-refractivity contribution in [3.8, 4) is 0 Å². The van der Waals surface area contributed by atoms with Crippen LogP contribution in [-0.4, -0.2) is 40.2 Å². The van der Waals surface area contributed by atoms with Crippen molar-refractivity contribution in [1.82, 2.24) is 5.06 Å². The first-order valence-corrected chi connectivity index (χ1v) is 8.02. The van der Waals surface area contributed by atoms with Gasteiger partial charge in [0.05, 0.1) is 5.41 Å². The van der Waals surface area contributed by atoms with E-state index >= 15 is 0 Å². The van der Waals surface area contributed by atoms with E-state index in [4.69, 9.17) is 4.74 Å². The molecule has 0 spiro atoms. The Morgan fingerprint density at radius 3 is 2.58 bits per heavy atom. The molecule has 0 bridgehead atoms. The van der Waals surface area contributed by atoms with Crippen molar-refractivity contribution >= 4 is 23.9 Å². The van der Waals surface area contributed by atoms with Crippen LogP contribution in [-0.2, 0) is 24.0 Å². The van der Waals surface area contributed by atoms with Gasteiger partial charge in [0.15, 0.2) is 0 Å². The number of imide groups is 1. The van der Waals surface area contributed by atoms with E-state index < -0.39 is 35.5 Å². The van der Waals surface area contributed by atoms with Gasteiger partial charge in [-0.15, -0.1) is 0 Å². The molecule has 0 aromatic carbocycles. The van der Waals surface area contributed by atoms with Crippen LogP contribution >= 0.6 is 0 Å². The minimum Gasteiger partial charge on any atom is -0.481 e. The molecule has 8 nitrogen and oxygen atoms in total. The molecule has 0 aromatic heterocycles. The second-order valence-corrected chi connectivity index (χ2v) is 6.04. The van der Waals surface area contributed by atoms with Gasteiger partial charge in [-0.3, -0.25) is 19.2 Å². The first-order chi connectivity index (χ1) is 11.4. The Kier molecular flexibility index (Phi) is 5.58. The predicted octanol–water partition coefficient (Wildman–Crippen LogP) is 2.18. The summed E-state index contributed by atoms with van der Waals surface area (Å²) in [6.07, 6.45) is 4.06. The number of carbonyl (C=O) groups excluding carboxylic acids is 3. The molecule has 0 radical (unpaired) electrons. The highest BCUT2D eigenvalue weighted by molar-refractivity contribution is 6.01. The number of hydroxylamine groups is 2. The number of carbonyl (C=O) groups is 4. The van der Waals surface area contributed by atoms with Crippen LogP contribution in [0.5, 0.6) is 0 Å². The summed E-state index contributed by atoms with van der Waals surface area (Å²) >= 11 is 0. The van der Waals surface area contributed by atoms with Crippen molar-refractivity contribution in [2.75, 3.05) is 0 Å². The Labute approximate surface area is 139 Å². The molecule has 8 heteroatoms. The Morgan fingerprint density at radius 1 is 1.33 bits per heavy atom. The Hall–Kier alpha value is -2.38. The molecular formula is C16H21NO7. The third kappa shape index (κ3) is 3.93. The highest BCUT2D eigenvalue weighted by Gasteiger charge is 2.37. The second kappa shape index (κ2) is 7.46. The molecule has 1 saturated heterocycles. The minimum atomic E-state index is -1.12. The van der Waals surface area contributed by atoms with Gasteiger partial charge in [0.2, 0.25) is 0 Å². The second-order valence-electron chi connectivity index (χ2n) is 6.04. The fourth-order valence-corrected chi connectivity index (χ4v) is 2.93. The summed E-state index contributed by atoms with van der Waals surface area (Å²) in [5.74, 6) is -1.96. The molecule has 2 rings (SSSR count). The molecule has 2 amide bonds. The van der Waals surface area contributed by atoms with Crippen molar-refractivity contribution in [3.63, 3.8) is 0 Å². The largest absolute Gasteiger partial charge is 0.534 e. The maximum absolute atomic E-state index is 11.7. The fraction of sp³-hybridized carbons (Fsp3) is 0.625. The first-order valence-electron chi connectivity index (χ1n) is 8.02. The lowest BCUT2D eigenvalue weighted by Crippen LogP contribution is -2.34. The molecule has 0 saturated carbocycles. The molecule has 0 aromatic rings. The molecule has 1 fully saturated rings. The average Bonchev–Trinajstić information content (AvgIpc) is 2.81. The van der Waals surface area contributed by atoms with Crippen LogP contribution in [0.4, 0.5) is 4.79 Å². The maximum Gasteiger partial charge on any atom is 0.534 e. The van der Waals surface area contributed by atoms with Gasteiger partial charge >= 0.3 is 12.1 Å². The molecule has 132 valence electrons. The highest BCUT2D eigenvalue weighted by atomic mass is 16.8. The summed E-state index contributed by atoms with van der Waals surface area (Å²) < 4.78 is 5.11. The molecule has 1 aliphatic carbocycles. The predicted molar refractivity (Wildman–Crippen MR) is 80.4 cm³/mol. The zero-order chi connectivity index (χ0) is 17.7. The van der Waals surface area contributed by atoms with E-state index in [1.165, 1.54) is 0 Å². The number of carboxylic acid groups (broad SMARTS) is 1. The zero-order valence-electron chi connectivity index (χ0n) is 13.5. The monoisotopic (exact) mass is 339 g/mol. The van der Waals surface area contributed by atoms with Gasteiger partial charge in [-0.2, -0.15) is 0 Å². The smallest absolute Gasteiger partial charge is 0.481 e. The molecule has 24 heavy (non-hydrogen) atoms. The first kappa shape index (κ1) is 18.0. The van der Waals surface area contributed by atoms with E-state index in [0.717, 1.165) is 0 Å². The highest BCUT2D eigenvalue weighted by Crippen LogP contribution is 2.35. The molecule has 2 unspecified atom stereocenters. The lowest BCUT2D eigenvalue weighted by molar-refractivity contribution is -0.178. The number of hydrogen-bond donors (Lipinski definition) is 1. The Morgan fingerprint density at radius 2 is 2.00 bits per heavy atom. The Balaban J connectivity index is 1.92. The van der Waals surface area contributed by atoms with E-state index in [2.05, 4.69) is 4.84 Å². The number of rotatable bonds is 4. The third-order valence-corrected chi connectivity index (χ3v) is 4.55. The number of aliphatic carboxylic acids is 1. The van der Waals surface area contributed by atoms with Crippen molar-refractivity contribution < 1.29 is 33.9 Å². The molecule has 1 N–H and O–H groups in total. The van der Waals surface area contributed by atoms with Gasteiger partial charge in [0.25, 0.3) is 11.8 Å². The number of ether oxygens (including phenoxy) is 1. The quantitative estimate of drug-likeness (QED) is 0.475. The summed E-state index contributed by atoms with van der Waals surface area (Å²) in [5, 5.41) is 9.85. The van der Waals surface area contributed by atoms with E-state index in [9.17, 15) is 24.3 Å². The summed E-state index contributed by atoms with van der Waals surface area (Å²) in [6.45, 7) is 1.85. The third-order valence-electron chi connectivity index (χ3n) is 4.55. The van der Waals surface area contributed by atoms with E-state index in [1.807, 2.05) is 6.92 Å². The molecule has 1 aliphatic heterocycles. The summed E-state index contributed by atoms with van der Waals surface area (Å²) in [4.78, 5) is 50.6. The van der Waals surface area contributed by atoms with Gasteiger partial charge in [-0.1, -0.05) is 18.1 Å². The van der Waals surface area contributed by atoms with Gasteiger partial charge in [-0.25, -0.2) is 4.79 Å². The molecule has 2 aliphatic rings. The van der Waals surface area contributed by atoms with Gasteiger partial charge in [0.1, 0.15) is 6.10 Å². The minimum absolute atomic E-state index is 0.0176. The van der Waals surface area contributed by atoms with Crippen LogP contribution in [0.2, 0.25) is 0 Å². The van der Waals surface area contributed by atoms with Gasteiger partial charge < -0.3 is 9.84 Å². The van der Waals surface area contributed by atoms with Crippen molar-refractivity contribution in [3.05, 3.63) is 12.2 Å². The van der Waals surface area contributed by atoms with Crippen LogP contribution in [0, 0.1) is 5.41 Å². The molecule has 1 heterocycles. The van der Waals surface area contributed by atoms with E-state index in [-0.39, 0.29) is 12.8 Å². The van der Waals surface area contributed by atoms with Crippen LogP contribution in [0.3, 0.4) is 0 Å². The van der Waals surface area contributed by atoms with E-state index in [1.54, 1.807) is 12.2 Å². The summed E-state index contributed by atoms with van der Waals surface area (Å²) in [5.41, 5.74) is -0.781. The number of allylic oxidation sites excluding steroid dienone is 1. The van der Waals surface area contributed by atoms with Gasteiger partial charge in [-0.05, 0) is 38.2 Å². The lowest BCUT2D eigenvalue weighted by atomic mass is 9.76. The van der Waals surface area contributed by atoms with Crippen LogP contribution in [0.25, 0.3) is 0 Å².